The van der Waals surface area contributed by atoms with E-state index in [2.05, 4.69) is 10.5 Å². The highest BCUT2D eigenvalue weighted by atomic mass is 16.6. The van der Waals surface area contributed by atoms with E-state index in [1.165, 1.54) is 24.3 Å². The van der Waals surface area contributed by atoms with E-state index in [1.807, 2.05) is 13.8 Å². The number of hydrogen-bond donors (Lipinski definition) is 2. The predicted octanol–water partition coefficient (Wildman–Crippen LogP) is 2.51. The standard InChI is InChI=1S/C16H17N3O5/c1-16(2)7-13(20)12(14(21)8-16)9-17-18-15(22)10-3-5-11(6-4-10)19(23)24/h3-6,9,20H,7-8H2,1-2H3,(H,18,22). The number of non-ortho nitro benzene ring substituents is 1. The number of Topliss-reactive ketones (excluding diaryl/α,β-unsaturated/α-hetero) is 1. The number of aliphatic hydroxyl groups is 1. The summed E-state index contributed by atoms with van der Waals surface area (Å²) < 4.78 is 0. The van der Waals surface area contributed by atoms with Gasteiger partial charge in [-0.25, -0.2) is 5.43 Å². The number of ketones is 1. The third kappa shape index (κ3) is 4.03. The van der Waals surface area contributed by atoms with Crippen LogP contribution in [-0.4, -0.2) is 27.9 Å². The van der Waals surface area contributed by atoms with Gasteiger partial charge in [-0.1, -0.05) is 13.8 Å². The van der Waals surface area contributed by atoms with Crippen molar-refractivity contribution in [1.29, 1.82) is 0 Å². The van der Waals surface area contributed by atoms with Gasteiger partial charge in [0.05, 0.1) is 16.7 Å². The largest absolute Gasteiger partial charge is 0.511 e. The molecule has 0 saturated carbocycles. The zero-order chi connectivity index (χ0) is 17.9. The molecule has 1 aromatic carbocycles. The first-order valence-corrected chi connectivity index (χ1v) is 7.23. The van der Waals surface area contributed by atoms with Crippen molar-refractivity contribution in [2.24, 2.45) is 10.5 Å². The Kier molecular flexibility index (Phi) is 4.77. The lowest BCUT2D eigenvalue weighted by Gasteiger charge is -2.28. The van der Waals surface area contributed by atoms with Gasteiger partial charge in [-0.15, -0.1) is 0 Å². The van der Waals surface area contributed by atoms with Crippen molar-refractivity contribution in [3.8, 4) is 0 Å². The first-order valence-electron chi connectivity index (χ1n) is 7.23. The summed E-state index contributed by atoms with van der Waals surface area (Å²) in [6, 6.07) is 5.02. The van der Waals surface area contributed by atoms with Crippen LogP contribution in [0.15, 0.2) is 40.7 Å². The summed E-state index contributed by atoms with van der Waals surface area (Å²) in [6.07, 6.45) is 1.77. The summed E-state index contributed by atoms with van der Waals surface area (Å²) in [5.41, 5.74) is 2.06. The summed E-state index contributed by atoms with van der Waals surface area (Å²) >= 11 is 0. The number of nitro benzene ring substituents is 1. The summed E-state index contributed by atoms with van der Waals surface area (Å²) in [6.45, 7) is 3.76. The summed E-state index contributed by atoms with van der Waals surface area (Å²) in [5, 5.41) is 24.2. The summed E-state index contributed by atoms with van der Waals surface area (Å²) in [5.74, 6) is -0.869. The summed E-state index contributed by atoms with van der Waals surface area (Å²) in [7, 11) is 0. The van der Waals surface area contributed by atoms with Gasteiger partial charge in [0.2, 0.25) is 0 Å². The number of aliphatic hydroxyl groups excluding tert-OH is 1. The van der Waals surface area contributed by atoms with Gasteiger partial charge in [0, 0.05) is 30.5 Å². The third-order valence-corrected chi connectivity index (χ3v) is 3.60. The Hall–Kier alpha value is -3.03. The molecule has 126 valence electrons. The monoisotopic (exact) mass is 331 g/mol. The highest BCUT2D eigenvalue weighted by molar-refractivity contribution is 6.14. The van der Waals surface area contributed by atoms with Crippen molar-refractivity contribution < 1.29 is 19.6 Å². The van der Waals surface area contributed by atoms with Crippen molar-refractivity contribution in [2.45, 2.75) is 26.7 Å². The first kappa shape index (κ1) is 17.3. The minimum absolute atomic E-state index is 0.0513. The van der Waals surface area contributed by atoms with Gasteiger partial charge in [-0.2, -0.15) is 5.10 Å². The van der Waals surface area contributed by atoms with Gasteiger partial charge in [0.15, 0.2) is 5.78 Å². The maximum absolute atomic E-state index is 12.0. The molecule has 0 heterocycles. The van der Waals surface area contributed by atoms with E-state index in [-0.39, 0.29) is 40.2 Å². The van der Waals surface area contributed by atoms with Gasteiger partial charge in [0.25, 0.3) is 11.6 Å². The van der Waals surface area contributed by atoms with Crippen LogP contribution in [0.3, 0.4) is 0 Å². The molecular formula is C16H17N3O5. The molecule has 0 spiro atoms. The van der Waals surface area contributed by atoms with E-state index in [1.54, 1.807) is 0 Å². The van der Waals surface area contributed by atoms with Crippen LogP contribution in [0.5, 0.6) is 0 Å². The van der Waals surface area contributed by atoms with Crippen LogP contribution in [0.25, 0.3) is 0 Å². The van der Waals surface area contributed by atoms with Crippen LogP contribution in [-0.2, 0) is 4.79 Å². The fraction of sp³-hybridized carbons (Fsp3) is 0.312. The number of carbonyl (C=O) groups is 2. The number of nitro groups is 1. The molecule has 1 aliphatic carbocycles. The molecule has 8 heteroatoms. The predicted molar refractivity (Wildman–Crippen MR) is 86.7 cm³/mol. The Labute approximate surface area is 138 Å². The zero-order valence-corrected chi connectivity index (χ0v) is 13.3. The molecule has 0 aromatic heterocycles. The number of allylic oxidation sites excluding steroid dienone is 2. The topological polar surface area (TPSA) is 122 Å². The molecular weight excluding hydrogens is 314 g/mol. The van der Waals surface area contributed by atoms with E-state index in [0.29, 0.717) is 6.42 Å². The van der Waals surface area contributed by atoms with Crippen molar-refractivity contribution in [3.63, 3.8) is 0 Å². The van der Waals surface area contributed by atoms with Crippen LogP contribution in [0, 0.1) is 15.5 Å². The van der Waals surface area contributed by atoms with Crippen LogP contribution in [0.1, 0.15) is 37.0 Å². The number of amides is 1. The average molecular weight is 331 g/mol. The maximum Gasteiger partial charge on any atom is 0.271 e. The molecule has 0 bridgehead atoms. The number of carbonyl (C=O) groups excluding carboxylic acids is 2. The Bertz CT molecular complexity index is 747. The Morgan fingerprint density at radius 1 is 1.33 bits per heavy atom. The van der Waals surface area contributed by atoms with Crippen LogP contribution >= 0.6 is 0 Å². The van der Waals surface area contributed by atoms with Crippen molar-refractivity contribution in [1.82, 2.24) is 5.43 Å². The van der Waals surface area contributed by atoms with Crippen molar-refractivity contribution in [3.05, 3.63) is 51.3 Å². The molecule has 1 amide bonds. The van der Waals surface area contributed by atoms with E-state index in [4.69, 9.17) is 0 Å². The normalized spacial score (nSPS) is 17.2. The smallest absolute Gasteiger partial charge is 0.271 e. The maximum atomic E-state index is 12.0. The summed E-state index contributed by atoms with van der Waals surface area (Å²) in [4.78, 5) is 33.9. The van der Waals surface area contributed by atoms with Crippen molar-refractivity contribution >= 4 is 23.6 Å². The molecule has 1 aliphatic rings. The molecule has 1 aromatic rings. The molecule has 0 fully saturated rings. The lowest BCUT2D eigenvalue weighted by Crippen LogP contribution is -2.27. The SMILES string of the molecule is CC1(C)CC(=O)C(C=NNC(=O)c2ccc([N+](=O)[O-])cc2)=C(O)C1. The van der Waals surface area contributed by atoms with E-state index in [0.717, 1.165) is 6.21 Å². The first-order chi connectivity index (χ1) is 11.2. The fourth-order valence-electron chi connectivity index (χ4n) is 2.40. The Morgan fingerprint density at radius 2 is 1.96 bits per heavy atom. The van der Waals surface area contributed by atoms with E-state index >= 15 is 0 Å². The zero-order valence-electron chi connectivity index (χ0n) is 13.3. The number of hydrazone groups is 1. The number of nitrogens with one attached hydrogen (secondary N) is 1. The highest BCUT2D eigenvalue weighted by Gasteiger charge is 2.32. The quantitative estimate of drug-likeness (QED) is 0.498. The van der Waals surface area contributed by atoms with Crippen LogP contribution in [0.4, 0.5) is 5.69 Å². The van der Waals surface area contributed by atoms with Gasteiger partial charge in [-0.3, -0.25) is 19.7 Å². The second-order valence-electron chi connectivity index (χ2n) is 6.30. The Morgan fingerprint density at radius 3 is 2.50 bits per heavy atom. The second-order valence-corrected chi connectivity index (χ2v) is 6.30. The lowest BCUT2D eigenvalue weighted by atomic mass is 9.77. The minimum atomic E-state index is -0.579. The van der Waals surface area contributed by atoms with Gasteiger partial charge in [-0.05, 0) is 17.5 Å². The number of nitrogens with zero attached hydrogens (tertiary/aromatic N) is 2. The molecule has 8 nitrogen and oxygen atoms in total. The molecule has 2 rings (SSSR count). The van der Waals surface area contributed by atoms with Gasteiger partial charge in [0.1, 0.15) is 5.76 Å². The molecule has 0 saturated heterocycles. The van der Waals surface area contributed by atoms with Crippen molar-refractivity contribution in [2.75, 3.05) is 0 Å². The number of rotatable bonds is 4. The molecule has 0 unspecified atom stereocenters. The number of hydrogen-bond acceptors (Lipinski definition) is 6. The average Bonchev–Trinajstić information content (AvgIpc) is 2.48. The van der Waals surface area contributed by atoms with Crippen LogP contribution in [0.2, 0.25) is 0 Å². The second kappa shape index (κ2) is 6.61. The highest BCUT2D eigenvalue weighted by Crippen LogP contribution is 2.35. The lowest BCUT2D eigenvalue weighted by molar-refractivity contribution is -0.384. The van der Waals surface area contributed by atoms with Crippen LogP contribution < -0.4 is 5.43 Å². The fourth-order valence-corrected chi connectivity index (χ4v) is 2.40. The molecule has 2 N–H and O–H groups in total. The molecule has 24 heavy (non-hydrogen) atoms. The van der Waals surface area contributed by atoms with E-state index in [9.17, 15) is 24.8 Å². The van der Waals surface area contributed by atoms with E-state index < -0.39 is 10.8 Å². The third-order valence-electron chi connectivity index (χ3n) is 3.60. The minimum Gasteiger partial charge on any atom is -0.511 e. The number of benzene rings is 1. The molecule has 0 atom stereocenters. The molecule has 0 aliphatic heterocycles. The van der Waals surface area contributed by atoms with Gasteiger partial charge >= 0.3 is 0 Å². The molecule has 0 radical (unpaired) electrons. The van der Waals surface area contributed by atoms with Gasteiger partial charge < -0.3 is 5.11 Å². The Balaban J connectivity index is 2.04.